The maximum Gasteiger partial charge on any atom is 0.575 e. The number of nitrogens with one attached hydrogen (secondary N) is 1. The first-order valence-electron chi connectivity index (χ1n) is 3.49. The van der Waals surface area contributed by atoms with Gasteiger partial charge in [-0.2, -0.15) is 0 Å². The highest BCUT2D eigenvalue weighted by Crippen LogP contribution is 2.20. The van der Waals surface area contributed by atoms with Crippen molar-refractivity contribution in [3.63, 3.8) is 0 Å². The Morgan fingerprint density at radius 1 is 1.46 bits per heavy atom. The van der Waals surface area contributed by atoms with Gasteiger partial charge < -0.3 is 10.1 Å². The number of ether oxygens (including phenoxy) is 1. The van der Waals surface area contributed by atoms with E-state index in [1.807, 2.05) is 0 Å². The smallest absolute Gasteiger partial charge is 0.373 e. The molecule has 13 heavy (non-hydrogen) atoms. The third kappa shape index (κ3) is 4.33. The second kappa shape index (κ2) is 4.66. The van der Waals surface area contributed by atoms with E-state index in [-0.39, 0.29) is 19.0 Å². The maximum atomic E-state index is 11.5. The Morgan fingerprint density at radius 3 is 2.46 bits per heavy atom. The van der Waals surface area contributed by atoms with Gasteiger partial charge in [0, 0.05) is 6.54 Å². The molecule has 7 heteroatoms. The van der Waals surface area contributed by atoms with E-state index < -0.39 is 18.2 Å². The monoisotopic (exact) mass is 219 g/mol. The van der Waals surface area contributed by atoms with Crippen LogP contribution < -0.4 is 5.32 Å². The molecule has 0 aliphatic carbocycles. The van der Waals surface area contributed by atoms with Crippen LogP contribution in [0.4, 0.5) is 13.2 Å². The van der Waals surface area contributed by atoms with Crippen LogP contribution in [0, 0.1) is 5.92 Å². The van der Waals surface area contributed by atoms with Crippen molar-refractivity contribution in [2.45, 2.75) is 12.8 Å². The summed E-state index contributed by atoms with van der Waals surface area (Å²) in [4.78, 5) is 10.7. The Kier molecular flexibility index (Phi) is 4.49. The molecule has 0 amide bonds. The Hall–Kier alpha value is -0.490. The summed E-state index contributed by atoms with van der Waals surface area (Å²) < 4.78 is 37.7. The number of esters is 1. The van der Waals surface area contributed by atoms with Gasteiger partial charge in [0.15, 0.2) is 0 Å². The van der Waals surface area contributed by atoms with Crippen LogP contribution in [0.5, 0.6) is 0 Å². The van der Waals surface area contributed by atoms with Gasteiger partial charge in [-0.15, -0.1) is 25.6 Å². The number of hydrogen-bond donors (Lipinski definition) is 1. The van der Waals surface area contributed by atoms with Gasteiger partial charge in [0.25, 0.3) is 0 Å². The van der Waals surface area contributed by atoms with E-state index in [9.17, 15) is 18.0 Å². The van der Waals surface area contributed by atoms with Gasteiger partial charge in [0.2, 0.25) is 0 Å². The normalized spacial score (nSPS) is 22.2. The first-order valence-corrected chi connectivity index (χ1v) is 3.49. The summed E-state index contributed by atoms with van der Waals surface area (Å²) in [6.45, 7) is 0.840. The first-order chi connectivity index (χ1) is 5.49. The van der Waals surface area contributed by atoms with Gasteiger partial charge >= 0.3 is 12.3 Å². The molecule has 1 heterocycles. The minimum absolute atomic E-state index is 0. The van der Waals surface area contributed by atoms with Crippen molar-refractivity contribution >= 4 is 18.4 Å². The average Bonchev–Trinajstić information content (AvgIpc) is 2.32. The molecule has 1 fully saturated rings. The number of carbonyl (C=O) groups is 1. The predicted octanol–water partition coefficient (Wildman–Crippen LogP) is 1.08. The first kappa shape index (κ1) is 12.5. The van der Waals surface area contributed by atoms with Crippen LogP contribution in [-0.2, 0) is 9.53 Å². The molecule has 1 aliphatic rings. The molecule has 1 rings (SSSR count). The number of carbonyl (C=O) groups excluding carboxylic acids is 1. The van der Waals surface area contributed by atoms with Crippen molar-refractivity contribution in [2.24, 2.45) is 5.92 Å². The molecule has 0 radical (unpaired) electrons. The van der Waals surface area contributed by atoms with Crippen molar-refractivity contribution in [2.75, 3.05) is 13.1 Å². The molecule has 0 aromatic carbocycles. The number of halogens is 4. The fourth-order valence-electron chi connectivity index (χ4n) is 1.05. The highest BCUT2D eigenvalue weighted by atomic mass is 35.5. The molecular formula is C6H9ClF3NO2. The summed E-state index contributed by atoms with van der Waals surface area (Å²) in [5.74, 6) is -1.83. The van der Waals surface area contributed by atoms with Gasteiger partial charge in [-0.25, -0.2) is 0 Å². The molecule has 1 saturated heterocycles. The molecule has 0 aromatic heterocycles. The highest BCUT2D eigenvalue weighted by Gasteiger charge is 2.37. The second-order valence-corrected chi connectivity index (χ2v) is 2.56. The zero-order chi connectivity index (χ0) is 9.19. The van der Waals surface area contributed by atoms with E-state index in [0.29, 0.717) is 13.0 Å². The van der Waals surface area contributed by atoms with E-state index in [1.54, 1.807) is 0 Å². The highest BCUT2D eigenvalue weighted by molar-refractivity contribution is 5.85. The van der Waals surface area contributed by atoms with Gasteiger partial charge in [-0.1, -0.05) is 0 Å². The average molecular weight is 220 g/mol. The maximum absolute atomic E-state index is 11.5. The molecule has 1 N–H and O–H groups in total. The molecule has 0 aromatic rings. The Labute approximate surface area is 79.0 Å². The largest absolute Gasteiger partial charge is 0.575 e. The van der Waals surface area contributed by atoms with Gasteiger partial charge in [0.1, 0.15) is 0 Å². The van der Waals surface area contributed by atoms with Crippen LogP contribution in [0.15, 0.2) is 0 Å². The van der Waals surface area contributed by atoms with Crippen LogP contribution in [-0.4, -0.2) is 25.4 Å². The Morgan fingerprint density at radius 2 is 2.08 bits per heavy atom. The summed E-state index contributed by atoms with van der Waals surface area (Å²) in [5.41, 5.74) is 0. The third-order valence-corrected chi connectivity index (χ3v) is 1.61. The van der Waals surface area contributed by atoms with Crippen molar-refractivity contribution in [3.8, 4) is 0 Å². The van der Waals surface area contributed by atoms with Crippen LogP contribution in [0.2, 0.25) is 0 Å². The molecule has 1 aliphatic heterocycles. The van der Waals surface area contributed by atoms with Crippen molar-refractivity contribution in [1.82, 2.24) is 5.32 Å². The van der Waals surface area contributed by atoms with Crippen molar-refractivity contribution in [3.05, 3.63) is 0 Å². The lowest BCUT2D eigenvalue weighted by molar-refractivity contribution is -0.307. The molecule has 0 spiro atoms. The molecule has 1 unspecified atom stereocenters. The summed E-state index contributed by atoms with van der Waals surface area (Å²) in [7, 11) is 0. The van der Waals surface area contributed by atoms with E-state index in [1.165, 1.54) is 0 Å². The van der Waals surface area contributed by atoms with Crippen LogP contribution in [0.3, 0.4) is 0 Å². The third-order valence-electron chi connectivity index (χ3n) is 1.61. The standard InChI is InChI=1S/C6H8F3NO2.ClH/c7-6(8,9)12-5(11)4-1-2-10-3-4;/h4,10H,1-3H2;1H. The molecule has 0 bridgehead atoms. The van der Waals surface area contributed by atoms with E-state index >= 15 is 0 Å². The lowest BCUT2D eigenvalue weighted by Crippen LogP contribution is -2.26. The van der Waals surface area contributed by atoms with Crippen LogP contribution >= 0.6 is 12.4 Å². The zero-order valence-electron chi connectivity index (χ0n) is 6.56. The summed E-state index contributed by atoms with van der Waals surface area (Å²) in [5, 5.41) is 2.77. The fourth-order valence-corrected chi connectivity index (χ4v) is 1.05. The van der Waals surface area contributed by atoms with E-state index in [4.69, 9.17) is 0 Å². The SMILES string of the molecule is Cl.O=C(OC(F)(F)F)C1CCNC1. The Bertz CT molecular complexity index is 179. The lowest BCUT2D eigenvalue weighted by atomic mass is 10.1. The quantitative estimate of drug-likeness (QED) is 0.671. The summed E-state index contributed by atoms with van der Waals surface area (Å²) in [6.07, 6.45) is -4.44. The topological polar surface area (TPSA) is 38.3 Å². The van der Waals surface area contributed by atoms with Crippen molar-refractivity contribution < 1.29 is 22.7 Å². The van der Waals surface area contributed by atoms with Crippen LogP contribution in [0.1, 0.15) is 6.42 Å². The zero-order valence-corrected chi connectivity index (χ0v) is 7.37. The minimum Gasteiger partial charge on any atom is -0.373 e. The van der Waals surface area contributed by atoms with Crippen LogP contribution in [0.25, 0.3) is 0 Å². The van der Waals surface area contributed by atoms with Gasteiger partial charge in [-0.3, -0.25) is 4.79 Å². The van der Waals surface area contributed by atoms with Gasteiger partial charge in [-0.05, 0) is 13.0 Å². The second-order valence-electron chi connectivity index (χ2n) is 2.56. The number of alkyl halides is 3. The summed E-state index contributed by atoms with van der Waals surface area (Å²) in [6, 6.07) is 0. The Balaban J connectivity index is 0.00000144. The van der Waals surface area contributed by atoms with Gasteiger partial charge in [0.05, 0.1) is 5.92 Å². The predicted molar refractivity (Wildman–Crippen MR) is 40.4 cm³/mol. The fraction of sp³-hybridized carbons (Fsp3) is 0.833. The van der Waals surface area contributed by atoms with E-state index in [0.717, 1.165) is 0 Å². The number of rotatable bonds is 1. The molecule has 3 nitrogen and oxygen atoms in total. The lowest BCUT2D eigenvalue weighted by Gasteiger charge is -2.10. The molecule has 0 saturated carbocycles. The summed E-state index contributed by atoms with van der Waals surface area (Å²) >= 11 is 0. The number of hydrogen-bond acceptors (Lipinski definition) is 3. The molecule has 1 atom stereocenters. The minimum atomic E-state index is -4.85. The van der Waals surface area contributed by atoms with Crippen molar-refractivity contribution in [1.29, 1.82) is 0 Å². The molecular weight excluding hydrogens is 211 g/mol. The van der Waals surface area contributed by atoms with E-state index in [2.05, 4.69) is 10.1 Å². The molecule has 78 valence electrons.